The van der Waals surface area contributed by atoms with E-state index in [1.807, 2.05) is 19.9 Å². The van der Waals surface area contributed by atoms with Gasteiger partial charge in [-0.3, -0.25) is 4.79 Å². The molecule has 0 fully saturated rings. The van der Waals surface area contributed by atoms with Gasteiger partial charge in [-0.2, -0.15) is 0 Å². The molecule has 0 spiro atoms. The monoisotopic (exact) mass is 296 g/mol. The summed E-state index contributed by atoms with van der Waals surface area (Å²) in [6.07, 6.45) is 4.27. The number of carbonyl (C=O) groups is 1. The van der Waals surface area contributed by atoms with E-state index in [9.17, 15) is 4.79 Å². The number of carboxylic acids is 1. The fraction of sp³-hybridized carbons (Fsp3) is 0.222. The van der Waals surface area contributed by atoms with Gasteiger partial charge < -0.3 is 10.1 Å². The molecule has 1 aromatic rings. The zero-order valence-corrected chi connectivity index (χ0v) is 13.0. The molecule has 2 heterocycles. The zero-order valence-electron chi connectivity index (χ0n) is 13.0. The van der Waals surface area contributed by atoms with E-state index < -0.39 is 5.97 Å². The fourth-order valence-electron chi connectivity index (χ4n) is 2.58. The number of nitrogens with zero attached hydrogens (tertiary/aromatic N) is 1. The fourth-order valence-corrected chi connectivity index (χ4v) is 2.58. The maximum atomic E-state index is 10.8. The average molecular weight is 296 g/mol. The molecule has 0 saturated carbocycles. The molecule has 4 nitrogen and oxygen atoms in total. The summed E-state index contributed by atoms with van der Waals surface area (Å²) in [6, 6.07) is 0. The SMILES string of the molecule is C=CC1=C(C)C(=C)N=C1C=c1[nH]c(=C)c(CCC(=O)O)c1C. The van der Waals surface area contributed by atoms with Crippen molar-refractivity contribution < 1.29 is 9.90 Å². The van der Waals surface area contributed by atoms with Crippen LogP contribution in [0.15, 0.2) is 41.1 Å². The normalized spacial score (nSPS) is 15.5. The van der Waals surface area contributed by atoms with Gasteiger partial charge >= 0.3 is 5.97 Å². The highest BCUT2D eigenvalue weighted by Gasteiger charge is 2.16. The molecule has 4 heteroatoms. The van der Waals surface area contributed by atoms with Crippen LogP contribution in [-0.4, -0.2) is 21.8 Å². The first-order valence-corrected chi connectivity index (χ1v) is 7.06. The Morgan fingerprint density at radius 2 is 2.05 bits per heavy atom. The summed E-state index contributed by atoms with van der Waals surface area (Å²) in [6.45, 7) is 15.6. The van der Waals surface area contributed by atoms with E-state index in [1.165, 1.54) is 0 Å². The summed E-state index contributed by atoms with van der Waals surface area (Å²) in [7, 11) is 0. The predicted octanol–water partition coefficient (Wildman–Crippen LogP) is 2.00. The van der Waals surface area contributed by atoms with Crippen molar-refractivity contribution in [2.24, 2.45) is 4.99 Å². The van der Waals surface area contributed by atoms with E-state index in [0.717, 1.165) is 44.4 Å². The number of nitrogens with one attached hydrogen (secondary N) is 1. The van der Waals surface area contributed by atoms with Gasteiger partial charge in [-0.25, -0.2) is 4.99 Å². The molecule has 0 bridgehead atoms. The molecule has 0 unspecified atom stereocenters. The number of rotatable bonds is 5. The van der Waals surface area contributed by atoms with Gasteiger partial charge in [0.05, 0.1) is 11.4 Å². The van der Waals surface area contributed by atoms with Crippen LogP contribution in [-0.2, 0) is 11.2 Å². The Hall–Kier alpha value is -2.62. The Kier molecular flexibility index (Phi) is 4.31. The van der Waals surface area contributed by atoms with Crippen molar-refractivity contribution in [2.75, 3.05) is 0 Å². The van der Waals surface area contributed by atoms with Crippen LogP contribution in [0, 0.1) is 6.92 Å². The van der Waals surface area contributed by atoms with Crippen molar-refractivity contribution in [3.05, 3.63) is 57.9 Å². The molecule has 1 aliphatic rings. The molecule has 1 aliphatic heterocycles. The number of H-pyrrole nitrogens is 1. The maximum Gasteiger partial charge on any atom is 0.303 e. The molecule has 2 rings (SSSR count). The van der Waals surface area contributed by atoms with Gasteiger partial charge in [0, 0.05) is 22.7 Å². The standard InChI is InChI=1S/C18H20N2O2/c1-6-14-10(2)12(4)19-17(14)9-16-11(3)15(13(5)20-16)7-8-18(21)22/h6,9,20H,1,4-5,7-8H2,2-3H3,(H,21,22). The molecule has 114 valence electrons. The molecule has 0 aromatic carbocycles. The molecule has 0 saturated heterocycles. The van der Waals surface area contributed by atoms with Crippen LogP contribution >= 0.6 is 0 Å². The van der Waals surface area contributed by atoms with E-state index >= 15 is 0 Å². The summed E-state index contributed by atoms with van der Waals surface area (Å²) >= 11 is 0. The number of aliphatic carboxylic acids is 1. The third-order valence-corrected chi connectivity index (χ3v) is 3.95. The van der Waals surface area contributed by atoms with Crippen molar-refractivity contribution in [1.82, 2.24) is 4.98 Å². The topological polar surface area (TPSA) is 65.5 Å². The number of allylic oxidation sites excluding steroid dienone is 3. The van der Waals surface area contributed by atoms with Crippen molar-refractivity contribution in [3.63, 3.8) is 0 Å². The smallest absolute Gasteiger partial charge is 0.303 e. The van der Waals surface area contributed by atoms with E-state index in [-0.39, 0.29) is 6.42 Å². The lowest BCUT2D eigenvalue weighted by Crippen LogP contribution is -2.12. The zero-order chi connectivity index (χ0) is 16.4. The summed E-state index contributed by atoms with van der Waals surface area (Å²) < 4.78 is 0. The first kappa shape index (κ1) is 15.8. The minimum atomic E-state index is -0.811. The molecule has 0 aliphatic carbocycles. The quantitative estimate of drug-likeness (QED) is 0.873. The van der Waals surface area contributed by atoms with E-state index in [1.54, 1.807) is 6.08 Å². The number of hydrogen-bond donors (Lipinski definition) is 2. The number of hydrogen-bond acceptors (Lipinski definition) is 2. The van der Waals surface area contributed by atoms with E-state index in [4.69, 9.17) is 5.11 Å². The lowest BCUT2D eigenvalue weighted by molar-refractivity contribution is -0.136. The minimum absolute atomic E-state index is 0.0926. The number of aromatic nitrogens is 1. The Morgan fingerprint density at radius 1 is 1.36 bits per heavy atom. The summed E-state index contributed by atoms with van der Waals surface area (Å²) in [4.78, 5) is 18.4. The first-order chi connectivity index (χ1) is 10.3. The Labute approximate surface area is 129 Å². The van der Waals surface area contributed by atoms with Crippen LogP contribution in [0.3, 0.4) is 0 Å². The summed E-state index contributed by atoms with van der Waals surface area (Å²) in [5, 5.41) is 10.5. The first-order valence-electron chi connectivity index (χ1n) is 7.06. The van der Waals surface area contributed by atoms with Gasteiger partial charge in [-0.05, 0) is 43.0 Å². The number of aromatic amines is 1. The highest BCUT2D eigenvalue weighted by atomic mass is 16.4. The maximum absolute atomic E-state index is 10.8. The van der Waals surface area contributed by atoms with Gasteiger partial charge in [0.2, 0.25) is 0 Å². The third kappa shape index (κ3) is 2.86. The van der Waals surface area contributed by atoms with Crippen molar-refractivity contribution in [3.8, 4) is 0 Å². The van der Waals surface area contributed by atoms with Crippen molar-refractivity contribution >= 4 is 24.3 Å². The van der Waals surface area contributed by atoms with Gasteiger partial charge in [0.15, 0.2) is 0 Å². The van der Waals surface area contributed by atoms with E-state index in [0.29, 0.717) is 6.42 Å². The Morgan fingerprint density at radius 3 is 2.64 bits per heavy atom. The highest BCUT2D eigenvalue weighted by molar-refractivity contribution is 6.24. The van der Waals surface area contributed by atoms with Crippen LogP contribution in [0.5, 0.6) is 0 Å². The van der Waals surface area contributed by atoms with Gasteiger partial charge in [-0.15, -0.1) is 0 Å². The van der Waals surface area contributed by atoms with Crippen LogP contribution in [0.4, 0.5) is 0 Å². The molecule has 1 aromatic heterocycles. The van der Waals surface area contributed by atoms with Crippen LogP contribution in [0.1, 0.15) is 24.5 Å². The molecular formula is C18H20N2O2. The van der Waals surface area contributed by atoms with Gasteiger partial charge in [-0.1, -0.05) is 25.8 Å². The highest BCUT2D eigenvalue weighted by Crippen LogP contribution is 2.24. The van der Waals surface area contributed by atoms with Crippen LogP contribution in [0.25, 0.3) is 12.7 Å². The van der Waals surface area contributed by atoms with Gasteiger partial charge in [0.1, 0.15) is 0 Å². The molecule has 22 heavy (non-hydrogen) atoms. The second-order valence-corrected chi connectivity index (χ2v) is 5.35. The number of aliphatic imine (C=N–C) groups is 1. The summed E-state index contributed by atoms with van der Waals surface area (Å²) in [5.41, 5.74) is 5.50. The van der Waals surface area contributed by atoms with Crippen LogP contribution < -0.4 is 10.7 Å². The lowest BCUT2D eigenvalue weighted by Gasteiger charge is -1.98. The second-order valence-electron chi connectivity index (χ2n) is 5.35. The molecule has 0 radical (unpaired) electrons. The van der Waals surface area contributed by atoms with Crippen LogP contribution in [0.2, 0.25) is 0 Å². The molecule has 0 atom stereocenters. The predicted molar refractivity (Wildman–Crippen MR) is 90.2 cm³/mol. The molecular weight excluding hydrogens is 276 g/mol. The summed E-state index contributed by atoms with van der Waals surface area (Å²) in [5.74, 6) is -0.811. The second kappa shape index (κ2) is 6.02. The lowest BCUT2D eigenvalue weighted by atomic mass is 10.0. The third-order valence-electron chi connectivity index (χ3n) is 3.95. The van der Waals surface area contributed by atoms with Crippen molar-refractivity contribution in [1.29, 1.82) is 0 Å². The van der Waals surface area contributed by atoms with E-state index in [2.05, 4.69) is 29.7 Å². The average Bonchev–Trinajstić information content (AvgIpc) is 2.86. The number of carboxylic acid groups (broad SMARTS) is 1. The van der Waals surface area contributed by atoms with Crippen molar-refractivity contribution in [2.45, 2.75) is 26.7 Å². The minimum Gasteiger partial charge on any atom is -0.481 e. The molecule has 2 N–H and O–H groups in total. The Balaban J connectivity index is 2.47. The largest absolute Gasteiger partial charge is 0.481 e. The van der Waals surface area contributed by atoms with Gasteiger partial charge in [0.25, 0.3) is 0 Å². The Bertz CT molecular complexity index is 835. The molecule has 0 amide bonds.